The zero-order valence-electron chi connectivity index (χ0n) is 11.6. The lowest BCUT2D eigenvalue weighted by Gasteiger charge is -2.26. The molecule has 1 aromatic heterocycles. The summed E-state index contributed by atoms with van der Waals surface area (Å²) in [7, 11) is 0. The summed E-state index contributed by atoms with van der Waals surface area (Å²) in [4.78, 5) is 16.7. The third kappa shape index (κ3) is 3.17. The predicted molar refractivity (Wildman–Crippen MR) is 82.5 cm³/mol. The number of aliphatic hydroxyl groups is 1. The van der Waals surface area contributed by atoms with Crippen molar-refractivity contribution in [1.29, 1.82) is 0 Å². The van der Waals surface area contributed by atoms with Crippen LogP contribution >= 0.6 is 11.6 Å². The summed E-state index contributed by atoms with van der Waals surface area (Å²) in [5.74, 6) is -0.205. The van der Waals surface area contributed by atoms with Crippen LogP contribution in [0.3, 0.4) is 0 Å². The molecule has 1 aliphatic carbocycles. The van der Waals surface area contributed by atoms with Crippen LogP contribution in [0.5, 0.6) is 0 Å². The first-order valence-electron chi connectivity index (χ1n) is 7.17. The molecule has 0 aliphatic heterocycles. The summed E-state index contributed by atoms with van der Waals surface area (Å²) in [5, 5.41) is 13.8. The van der Waals surface area contributed by atoms with E-state index in [1.165, 1.54) is 0 Å². The Morgan fingerprint density at radius 3 is 2.71 bits per heavy atom. The molecule has 2 aromatic rings. The van der Waals surface area contributed by atoms with Gasteiger partial charge in [0.15, 0.2) is 0 Å². The van der Waals surface area contributed by atoms with Crippen LogP contribution in [0, 0.1) is 0 Å². The van der Waals surface area contributed by atoms with Gasteiger partial charge in [-0.05, 0) is 37.8 Å². The van der Waals surface area contributed by atoms with Crippen molar-refractivity contribution in [3.63, 3.8) is 0 Å². The molecule has 1 aromatic carbocycles. The van der Waals surface area contributed by atoms with Crippen LogP contribution in [0.4, 0.5) is 0 Å². The summed E-state index contributed by atoms with van der Waals surface area (Å²) < 4.78 is 0. The van der Waals surface area contributed by atoms with E-state index in [2.05, 4.69) is 10.3 Å². The Morgan fingerprint density at radius 2 is 1.95 bits per heavy atom. The van der Waals surface area contributed by atoms with Crippen molar-refractivity contribution in [2.75, 3.05) is 0 Å². The molecule has 0 spiro atoms. The van der Waals surface area contributed by atoms with Crippen molar-refractivity contribution in [3.8, 4) is 0 Å². The average Bonchev–Trinajstić information content (AvgIpc) is 2.49. The minimum Gasteiger partial charge on any atom is -0.393 e. The number of benzene rings is 1. The van der Waals surface area contributed by atoms with Crippen LogP contribution in [0.25, 0.3) is 10.9 Å². The summed E-state index contributed by atoms with van der Waals surface area (Å²) in [6.07, 6.45) is 2.84. The minimum atomic E-state index is -0.230. The highest BCUT2D eigenvalue weighted by atomic mass is 35.5. The van der Waals surface area contributed by atoms with Gasteiger partial charge in [-0.1, -0.05) is 29.8 Å². The zero-order valence-corrected chi connectivity index (χ0v) is 12.3. The highest BCUT2D eigenvalue weighted by Crippen LogP contribution is 2.23. The second-order valence-corrected chi connectivity index (χ2v) is 5.89. The highest BCUT2D eigenvalue weighted by Gasteiger charge is 2.22. The van der Waals surface area contributed by atoms with Crippen LogP contribution in [0.15, 0.2) is 30.3 Å². The third-order valence-corrected chi connectivity index (χ3v) is 4.24. The van der Waals surface area contributed by atoms with Crippen LogP contribution in [0.1, 0.15) is 36.2 Å². The third-order valence-electron chi connectivity index (χ3n) is 3.93. The zero-order chi connectivity index (χ0) is 14.8. The Kier molecular flexibility index (Phi) is 4.08. The lowest BCUT2D eigenvalue weighted by molar-refractivity contribution is 0.0863. The lowest BCUT2D eigenvalue weighted by atomic mass is 9.93. The number of aromatic nitrogens is 1. The van der Waals surface area contributed by atoms with Crippen LogP contribution in [-0.4, -0.2) is 28.1 Å². The lowest BCUT2D eigenvalue weighted by Crippen LogP contribution is -2.38. The molecule has 3 rings (SSSR count). The molecule has 0 bridgehead atoms. The van der Waals surface area contributed by atoms with Crippen LogP contribution in [0.2, 0.25) is 5.02 Å². The number of aliphatic hydroxyl groups excluding tert-OH is 1. The fourth-order valence-electron chi connectivity index (χ4n) is 2.73. The fraction of sp³-hybridized carbons (Fsp3) is 0.375. The molecule has 1 amide bonds. The van der Waals surface area contributed by atoms with Crippen molar-refractivity contribution in [1.82, 2.24) is 10.3 Å². The second-order valence-electron chi connectivity index (χ2n) is 5.49. The molecule has 5 heteroatoms. The topological polar surface area (TPSA) is 62.2 Å². The van der Waals surface area contributed by atoms with Gasteiger partial charge >= 0.3 is 0 Å². The molecule has 0 saturated heterocycles. The van der Waals surface area contributed by atoms with E-state index >= 15 is 0 Å². The van der Waals surface area contributed by atoms with Gasteiger partial charge in [-0.2, -0.15) is 0 Å². The molecule has 0 unspecified atom stereocenters. The van der Waals surface area contributed by atoms with Gasteiger partial charge in [0.05, 0.1) is 16.6 Å². The van der Waals surface area contributed by atoms with Gasteiger partial charge in [-0.25, -0.2) is 4.98 Å². The maximum atomic E-state index is 12.3. The van der Waals surface area contributed by atoms with Gasteiger partial charge in [0.25, 0.3) is 5.91 Å². The first kappa shape index (κ1) is 14.3. The minimum absolute atomic E-state index is 0.105. The van der Waals surface area contributed by atoms with E-state index in [1.807, 2.05) is 24.3 Å². The van der Waals surface area contributed by atoms with Crippen LogP contribution in [-0.2, 0) is 0 Å². The number of hydrogen-bond donors (Lipinski definition) is 2. The van der Waals surface area contributed by atoms with Crippen molar-refractivity contribution >= 4 is 28.4 Å². The Labute approximate surface area is 128 Å². The normalized spacial score (nSPS) is 22.2. The molecule has 0 atom stereocenters. The number of nitrogens with one attached hydrogen (secondary N) is 1. The van der Waals surface area contributed by atoms with Crippen LogP contribution < -0.4 is 5.32 Å². The number of carbonyl (C=O) groups excluding carboxylic acids is 1. The summed E-state index contributed by atoms with van der Waals surface area (Å²) in [6, 6.07) is 9.20. The van der Waals surface area contributed by atoms with Gasteiger partial charge in [-0.3, -0.25) is 4.79 Å². The number of rotatable bonds is 2. The molecule has 21 heavy (non-hydrogen) atoms. The standard InChI is InChI=1S/C16H17ClN2O2/c17-13-9-15(19-14-4-2-1-3-12(13)14)16(21)18-10-5-7-11(20)8-6-10/h1-4,9-11,20H,5-8H2,(H,18,21). The summed E-state index contributed by atoms with van der Waals surface area (Å²) in [5.41, 5.74) is 1.05. The van der Waals surface area contributed by atoms with Crippen molar-refractivity contribution in [2.24, 2.45) is 0 Å². The Hall–Kier alpha value is -1.65. The number of fused-ring (bicyclic) bond motifs is 1. The Balaban J connectivity index is 1.78. The van der Waals surface area contributed by atoms with Gasteiger partial charge < -0.3 is 10.4 Å². The number of pyridine rings is 1. The Morgan fingerprint density at radius 1 is 1.24 bits per heavy atom. The SMILES string of the molecule is O=C(NC1CCC(O)CC1)c1cc(Cl)c2ccccc2n1. The molecular formula is C16H17ClN2O2. The molecule has 1 saturated carbocycles. The Bertz CT molecular complexity index is 666. The quantitative estimate of drug-likeness (QED) is 0.896. The van der Waals surface area contributed by atoms with E-state index in [1.54, 1.807) is 6.07 Å². The van der Waals surface area contributed by atoms with E-state index in [4.69, 9.17) is 11.6 Å². The maximum absolute atomic E-state index is 12.3. The van der Waals surface area contributed by atoms with Crippen molar-refractivity contribution < 1.29 is 9.90 Å². The monoisotopic (exact) mass is 304 g/mol. The molecule has 1 heterocycles. The average molecular weight is 305 g/mol. The molecule has 1 aliphatic rings. The second kappa shape index (κ2) is 6.00. The first-order chi connectivity index (χ1) is 10.1. The summed E-state index contributed by atoms with van der Waals surface area (Å²) in [6.45, 7) is 0. The van der Waals surface area contributed by atoms with Crippen molar-refractivity contribution in [2.45, 2.75) is 37.8 Å². The van der Waals surface area contributed by atoms with E-state index in [9.17, 15) is 9.90 Å². The van der Waals surface area contributed by atoms with E-state index < -0.39 is 0 Å². The largest absolute Gasteiger partial charge is 0.393 e. The molecule has 1 fully saturated rings. The van der Waals surface area contributed by atoms with E-state index in [-0.39, 0.29) is 18.1 Å². The number of carbonyl (C=O) groups is 1. The number of halogens is 1. The molecule has 110 valence electrons. The van der Waals surface area contributed by atoms with Gasteiger partial charge in [0.1, 0.15) is 5.69 Å². The first-order valence-corrected chi connectivity index (χ1v) is 7.55. The maximum Gasteiger partial charge on any atom is 0.270 e. The van der Waals surface area contributed by atoms with E-state index in [0.717, 1.165) is 31.1 Å². The molecular weight excluding hydrogens is 288 g/mol. The predicted octanol–water partition coefficient (Wildman–Crippen LogP) is 2.92. The highest BCUT2D eigenvalue weighted by molar-refractivity contribution is 6.35. The van der Waals surface area contributed by atoms with Gasteiger partial charge in [0.2, 0.25) is 0 Å². The van der Waals surface area contributed by atoms with Gasteiger partial charge in [0, 0.05) is 11.4 Å². The van der Waals surface area contributed by atoms with E-state index in [0.29, 0.717) is 16.2 Å². The van der Waals surface area contributed by atoms with Crippen molar-refractivity contribution in [3.05, 3.63) is 41.0 Å². The molecule has 4 nitrogen and oxygen atoms in total. The number of para-hydroxylation sites is 1. The van der Waals surface area contributed by atoms with Gasteiger partial charge in [-0.15, -0.1) is 0 Å². The number of nitrogens with zero attached hydrogens (tertiary/aromatic N) is 1. The smallest absolute Gasteiger partial charge is 0.270 e. The number of amides is 1. The molecule has 2 N–H and O–H groups in total. The fourth-order valence-corrected chi connectivity index (χ4v) is 2.99. The summed E-state index contributed by atoms with van der Waals surface area (Å²) >= 11 is 6.22. The molecule has 0 radical (unpaired) electrons. The number of hydrogen-bond acceptors (Lipinski definition) is 3.